The molecule has 0 aliphatic heterocycles. The SMILES string of the molecule is CCO[Si](C)(CCCCCCCCOc1cc(=O)oc2cc(F)ccc12)OCC. The third-order valence-electron chi connectivity index (χ3n) is 4.85. The van der Waals surface area contributed by atoms with E-state index in [1.165, 1.54) is 31.0 Å². The van der Waals surface area contributed by atoms with E-state index in [2.05, 4.69) is 6.55 Å². The topological polar surface area (TPSA) is 57.9 Å². The molecule has 162 valence electrons. The average molecular weight is 425 g/mol. The predicted molar refractivity (Wildman–Crippen MR) is 115 cm³/mol. The van der Waals surface area contributed by atoms with E-state index in [-0.39, 0.29) is 5.58 Å². The van der Waals surface area contributed by atoms with Crippen LogP contribution in [0.2, 0.25) is 12.6 Å². The molecular weight excluding hydrogens is 391 g/mol. The summed E-state index contributed by atoms with van der Waals surface area (Å²) >= 11 is 0. The van der Waals surface area contributed by atoms with Crippen LogP contribution in [-0.4, -0.2) is 28.4 Å². The Labute approximate surface area is 173 Å². The van der Waals surface area contributed by atoms with Crippen LogP contribution in [0, 0.1) is 5.82 Å². The second kappa shape index (κ2) is 12.1. The van der Waals surface area contributed by atoms with Gasteiger partial charge in [-0.05, 0) is 45.0 Å². The van der Waals surface area contributed by atoms with Crippen LogP contribution in [0.1, 0.15) is 52.4 Å². The van der Waals surface area contributed by atoms with Gasteiger partial charge in [0, 0.05) is 19.3 Å². The molecule has 0 amide bonds. The maximum absolute atomic E-state index is 13.3. The van der Waals surface area contributed by atoms with E-state index < -0.39 is 20.0 Å². The van der Waals surface area contributed by atoms with Gasteiger partial charge in [-0.1, -0.05) is 32.1 Å². The lowest BCUT2D eigenvalue weighted by Crippen LogP contribution is -2.38. The Morgan fingerprint density at radius 3 is 2.31 bits per heavy atom. The van der Waals surface area contributed by atoms with E-state index in [0.29, 0.717) is 17.7 Å². The molecule has 0 fully saturated rings. The van der Waals surface area contributed by atoms with Crippen molar-refractivity contribution < 1.29 is 22.4 Å². The van der Waals surface area contributed by atoms with Crippen molar-refractivity contribution in [1.82, 2.24) is 0 Å². The number of halogens is 1. The first-order valence-electron chi connectivity index (χ1n) is 10.6. The summed E-state index contributed by atoms with van der Waals surface area (Å²) in [6, 6.07) is 6.47. The molecule has 29 heavy (non-hydrogen) atoms. The maximum Gasteiger partial charge on any atom is 0.339 e. The fourth-order valence-electron chi connectivity index (χ4n) is 3.46. The Bertz CT molecular complexity index is 801. The second-order valence-electron chi connectivity index (χ2n) is 7.29. The summed E-state index contributed by atoms with van der Waals surface area (Å²) in [7, 11) is -1.98. The Morgan fingerprint density at radius 2 is 1.62 bits per heavy atom. The van der Waals surface area contributed by atoms with Crippen molar-refractivity contribution in [2.75, 3.05) is 19.8 Å². The van der Waals surface area contributed by atoms with Gasteiger partial charge in [0.1, 0.15) is 17.1 Å². The molecule has 0 aliphatic rings. The molecular formula is C22H33FO5Si. The summed E-state index contributed by atoms with van der Waals surface area (Å²) < 4.78 is 35.8. The molecule has 0 N–H and O–H groups in total. The third kappa shape index (κ3) is 7.91. The number of fused-ring (bicyclic) bond motifs is 1. The highest BCUT2D eigenvalue weighted by molar-refractivity contribution is 6.66. The van der Waals surface area contributed by atoms with Crippen molar-refractivity contribution in [2.45, 2.75) is 65.0 Å². The smallest absolute Gasteiger partial charge is 0.339 e. The minimum Gasteiger partial charge on any atom is -0.493 e. The van der Waals surface area contributed by atoms with Gasteiger partial charge in [-0.3, -0.25) is 0 Å². The third-order valence-corrected chi connectivity index (χ3v) is 7.91. The zero-order valence-corrected chi connectivity index (χ0v) is 18.8. The van der Waals surface area contributed by atoms with Gasteiger partial charge < -0.3 is 18.0 Å². The lowest BCUT2D eigenvalue weighted by Gasteiger charge is -2.25. The molecule has 0 aliphatic carbocycles. The lowest BCUT2D eigenvalue weighted by molar-refractivity contribution is 0.188. The zero-order chi connectivity index (χ0) is 21.1. The fraction of sp³-hybridized carbons (Fsp3) is 0.591. The maximum atomic E-state index is 13.3. The minimum absolute atomic E-state index is 0.210. The first-order valence-corrected chi connectivity index (χ1v) is 13.1. The molecule has 0 saturated carbocycles. The molecule has 1 aromatic carbocycles. The van der Waals surface area contributed by atoms with E-state index >= 15 is 0 Å². The van der Waals surface area contributed by atoms with Gasteiger partial charge in [0.15, 0.2) is 0 Å². The highest BCUT2D eigenvalue weighted by Crippen LogP contribution is 2.24. The van der Waals surface area contributed by atoms with Gasteiger partial charge in [-0.2, -0.15) is 0 Å². The molecule has 2 aromatic rings. The van der Waals surface area contributed by atoms with Crippen LogP contribution in [0.15, 0.2) is 33.5 Å². The quantitative estimate of drug-likeness (QED) is 0.218. The van der Waals surface area contributed by atoms with Crippen molar-refractivity contribution in [1.29, 1.82) is 0 Å². The van der Waals surface area contributed by atoms with Crippen LogP contribution < -0.4 is 10.4 Å². The molecule has 0 unspecified atom stereocenters. The highest BCUT2D eigenvalue weighted by atomic mass is 28.4. The van der Waals surface area contributed by atoms with Crippen LogP contribution in [-0.2, 0) is 8.85 Å². The van der Waals surface area contributed by atoms with Gasteiger partial charge in [0.25, 0.3) is 0 Å². The van der Waals surface area contributed by atoms with E-state index in [1.54, 1.807) is 6.07 Å². The van der Waals surface area contributed by atoms with E-state index in [9.17, 15) is 9.18 Å². The summed E-state index contributed by atoms with van der Waals surface area (Å²) in [5.41, 5.74) is -0.324. The summed E-state index contributed by atoms with van der Waals surface area (Å²) in [6.07, 6.45) is 6.63. The predicted octanol–water partition coefficient (Wildman–Crippen LogP) is 5.80. The number of hydrogen-bond acceptors (Lipinski definition) is 5. The van der Waals surface area contributed by atoms with Crippen molar-refractivity contribution in [2.24, 2.45) is 0 Å². The van der Waals surface area contributed by atoms with E-state index in [4.69, 9.17) is 18.0 Å². The molecule has 1 aromatic heterocycles. The molecule has 0 spiro atoms. The first-order chi connectivity index (χ1) is 14.0. The summed E-state index contributed by atoms with van der Waals surface area (Å²) in [4.78, 5) is 11.6. The van der Waals surface area contributed by atoms with Crippen molar-refractivity contribution in [3.63, 3.8) is 0 Å². The van der Waals surface area contributed by atoms with Crippen LogP contribution >= 0.6 is 0 Å². The second-order valence-corrected chi connectivity index (χ2v) is 10.6. The van der Waals surface area contributed by atoms with Gasteiger partial charge in [-0.15, -0.1) is 0 Å². The number of rotatable bonds is 14. The molecule has 0 radical (unpaired) electrons. The van der Waals surface area contributed by atoms with Gasteiger partial charge in [0.2, 0.25) is 0 Å². The van der Waals surface area contributed by atoms with Crippen LogP contribution in [0.25, 0.3) is 11.0 Å². The molecule has 5 nitrogen and oxygen atoms in total. The first kappa shape index (κ1) is 23.6. The number of ether oxygens (including phenoxy) is 1. The van der Waals surface area contributed by atoms with Gasteiger partial charge >= 0.3 is 14.2 Å². The number of hydrogen-bond donors (Lipinski definition) is 0. The molecule has 0 saturated heterocycles. The standard InChI is InChI=1S/C22H33FO5Si/c1-4-26-29(3,27-5-2)15-11-9-7-6-8-10-14-25-20-17-22(24)28-21-16-18(23)12-13-19(20)21/h12-13,16-17H,4-11,14-15H2,1-3H3. The van der Waals surface area contributed by atoms with Crippen LogP contribution in [0.4, 0.5) is 4.39 Å². The lowest BCUT2D eigenvalue weighted by atomic mass is 10.1. The molecule has 7 heteroatoms. The molecule has 2 rings (SSSR count). The van der Waals surface area contributed by atoms with Crippen molar-refractivity contribution >= 4 is 19.5 Å². The summed E-state index contributed by atoms with van der Waals surface area (Å²) in [5.74, 6) is 0.00985. The van der Waals surface area contributed by atoms with Crippen molar-refractivity contribution in [3.05, 3.63) is 40.5 Å². The Morgan fingerprint density at radius 1 is 0.966 bits per heavy atom. The van der Waals surface area contributed by atoms with Gasteiger partial charge in [0.05, 0.1) is 18.1 Å². The highest BCUT2D eigenvalue weighted by Gasteiger charge is 2.29. The molecule has 1 heterocycles. The van der Waals surface area contributed by atoms with Crippen LogP contribution in [0.3, 0.4) is 0 Å². The van der Waals surface area contributed by atoms with Crippen LogP contribution in [0.5, 0.6) is 5.75 Å². The monoisotopic (exact) mass is 424 g/mol. The Balaban J connectivity index is 1.64. The number of unbranched alkanes of at least 4 members (excludes halogenated alkanes) is 5. The summed E-state index contributed by atoms with van der Waals surface area (Å²) in [6.45, 7) is 8.16. The Hall–Kier alpha value is -1.70. The minimum atomic E-state index is -1.98. The fourth-order valence-corrected chi connectivity index (χ4v) is 5.95. The largest absolute Gasteiger partial charge is 0.493 e. The average Bonchev–Trinajstić information content (AvgIpc) is 2.66. The van der Waals surface area contributed by atoms with Gasteiger partial charge in [-0.25, -0.2) is 9.18 Å². The molecule has 0 atom stereocenters. The van der Waals surface area contributed by atoms with E-state index in [1.807, 2.05) is 13.8 Å². The Kier molecular flexibility index (Phi) is 9.83. The molecule has 0 bridgehead atoms. The zero-order valence-electron chi connectivity index (χ0n) is 17.8. The van der Waals surface area contributed by atoms with E-state index in [0.717, 1.165) is 44.9 Å². The summed E-state index contributed by atoms with van der Waals surface area (Å²) in [5, 5.41) is 0.613. The van der Waals surface area contributed by atoms with Crippen molar-refractivity contribution in [3.8, 4) is 5.75 Å². The normalized spacial score (nSPS) is 11.9. The number of benzene rings is 1.